The zero-order valence-corrected chi connectivity index (χ0v) is 12.1. The van der Waals surface area contributed by atoms with Crippen LogP contribution in [-0.2, 0) is 0 Å². The van der Waals surface area contributed by atoms with Gasteiger partial charge in [0, 0.05) is 23.8 Å². The monoisotopic (exact) mass is 283 g/mol. The van der Waals surface area contributed by atoms with E-state index in [1.807, 2.05) is 30.3 Å². The van der Waals surface area contributed by atoms with Crippen molar-refractivity contribution in [3.8, 4) is 0 Å². The zero-order valence-electron chi connectivity index (χ0n) is 12.1. The lowest BCUT2D eigenvalue weighted by atomic mass is 9.89. The summed E-state index contributed by atoms with van der Waals surface area (Å²) in [5.74, 6) is 0.644. The number of carbonyl (C=O) groups excluding carboxylic acids is 1. The van der Waals surface area contributed by atoms with E-state index in [0.717, 1.165) is 23.1 Å². The molecular weight excluding hydrogens is 262 g/mol. The lowest BCUT2D eigenvalue weighted by Crippen LogP contribution is -2.33. The highest BCUT2D eigenvalue weighted by molar-refractivity contribution is 5.92. The van der Waals surface area contributed by atoms with Crippen LogP contribution in [0.15, 0.2) is 36.5 Å². The summed E-state index contributed by atoms with van der Waals surface area (Å²) in [4.78, 5) is 16.2. The Hall–Kier alpha value is -2.10. The minimum absolute atomic E-state index is 0.121. The van der Waals surface area contributed by atoms with E-state index in [-0.39, 0.29) is 6.03 Å². The normalized spacial score (nSPS) is 15.8. The largest absolute Gasteiger partial charge is 0.338 e. The first-order valence-electron chi connectivity index (χ1n) is 7.71. The van der Waals surface area contributed by atoms with Crippen LogP contribution in [0.1, 0.15) is 32.1 Å². The van der Waals surface area contributed by atoms with Gasteiger partial charge in [0.15, 0.2) is 0 Å². The number of anilines is 1. The number of urea groups is 1. The maximum absolute atomic E-state index is 12.0. The molecule has 4 heteroatoms. The molecule has 0 bridgehead atoms. The Morgan fingerprint density at radius 3 is 2.90 bits per heavy atom. The number of aromatic nitrogens is 1. The molecule has 0 atom stereocenters. The molecule has 21 heavy (non-hydrogen) atoms. The Balaban J connectivity index is 1.55. The molecule has 1 aliphatic carbocycles. The summed E-state index contributed by atoms with van der Waals surface area (Å²) in [6, 6.07) is 9.52. The van der Waals surface area contributed by atoms with Crippen LogP contribution in [-0.4, -0.2) is 17.6 Å². The first-order chi connectivity index (χ1) is 10.3. The molecule has 0 unspecified atom stereocenters. The summed E-state index contributed by atoms with van der Waals surface area (Å²) < 4.78 is 0. The minimum Gasteiger partial charge on any atom is -0.338 e. The van der Waals surface area contributed by atoms with E-state index in [2.05, 4.69) is 15.6 Å². The standard InChI is InChI=1S/C17H21N3O/c21-17(19-12-13-5-2-1-3-6-13)20-15-8-9-16-14(11-15)7-4-10-18-16/h4,7-11,13H,1-3,5-6,12H2,(H2,19,20,21). The van der Waals surface area contributed by atoms with Gasteiger partial charge in [0.2, 0.25) is 0 Å². The van der Waals surface area contributed by atoms with Gasteiger partial charge in [-0.25, -0.2) is 4.79 Å². The number of benzene rings is 1. The smallest absolute Gasteiger partial charge is 0.319 e. The van der Waals surface area contributed by atoms with Crippen LogP contribution in [0.3, 0.4) is 0 Å². The fourth-order valence-electron chi connectivity index (χ4n) is 2.96. The quantitative estimate of drug-likeness (QED) is 0.896. The molecule has 1 fully saturated rings. The van der Waals surface area contributed by atoms with Gasteiger partial charge < -0.3 is 10.6 Å². The number of hydrogen-bond donors (Lipinski definition) is 2. The molecule has 0 spiro atoms. The van der Waals surface area contributed by atoms with Gasteiger partial charge in [-0.2, -0.15) is 0 Å². The molecule has 2 amide bonds. The van der Waals surface area contributed by atoms with E-state index in [1.165, 1.54) is 32.1 Å². The van der Waals surface area contributed by atoms with Crippen molar-refractivity contribution in [2.45, 2.75) is 32.1 Å². The molecule has 1 aromatic heterocycles. The molecule has 110 valence electrons. The number of amides is 2. The van der Waals surface area contributed by atoms with Crippen molar-refractivity contribution in [2.75, 3.05) is 11.9 Å². The van der Waals surface area contributed by atoms with Crippen LogP contribution in [0.2, 0.25) is 0 Å². The second-order valence-corrected chi connectivity index (χ2v) is 5.75. The Kier molecular flexibility index (Phi) is 4.34. The summed E-state index contributed by atoms with van der Waals surface area (Å²) in [6.07, 6.45) is 8.18. The number of hydrogen-bond acceptors (Lipinski definition) is 2. The molecule has 0 radical (unpaired) electrons. The topological polar surface area (TPSA) is 54.0 Å². The van der Waals surface area contributed by atoms with Gasteiger partial charge in [-0.15, -0.1) is 0 Å². The summed E-state index contributed by atoms with van der Waals surface area (Å²) in [7, 11) is 0. The van der Waals surface area contributed by atoms with E-state index < -0.39 is 0 Å². The van der Waals surface area contributed by atoms with E-state index in [4.69, 9.17) is 0 Å². The first kappa shape index (κ1) is 13.9. The molecule has 1 saturated carbocycles. The predicted octanol–water partition coefficient (Wildman–Crippen LogP) is 3.94. The number of nitrogens with one attached hydrogen (secondary N) is 2. The van der Waals surface area contributed by atoms with Gasteiger partial charge in [-0.05, 0) is 43.0 Å². The number of nitrogens with zero attached hydrogens (tertiary/aromatic N) is 1. The van der Waals surface area contributed by atoms with E-state index in [1.54, 1.807) is 6.20 Å². The van der Waals surface area contributed by atoms with Gasteiger partial charge in [0.25, 0.3) is 0 Å². The number of pyridine rings is 1. The fourth-order valence-corrected chi connectivity index (χ4v) is 2.96. The van der Waals surface area contributed by atoms with Gasteiger partial charge >= 0.3 is 6.03 Å². The minimum atomic E-state index is -0.121. The lowest BCUT2D eigenvalue weighted by molar-refractivity contribution is 0.247. The van der Waals surface area contributed by atoms with Gasteiger partial charge in [0.05, 0.1) is 5.52 Å². The average Bonchev–Trinajstić information content (AvgIpc) is 2.54. The molecule has 0 saturated heterocycles. The van der Waals surface area contributed by atoms with Crippen molar-refractivity contribution in [2.24, 2.45) is 5.92 Å². The van der Waals surface area contributed by atoms with Crippen molar-refractivity contribution in [3.63, 3.8) is 0 Å². The highest BCUT2D eigenvalue weighted by atomic mass is 16.2. The average molecular weight is 283 g/mol. The molecule has 0 aliphatic heterocycles. The molecule has 1 aliphatic rings. The lowest BCUT2D eigenvalue weighted by Gasteiger charge is -2.21. The van der Waals surface area contributed by atoms with Gasteiger partial charge in [-0.1, -0.05) is 25.3 Å². The summed E-state index contributed by atoms with van der Waals surface area (Å²) in [5, 5.41) is 6.91. The second kappa shape index (κ2) is 6.57. The van der Waals surface area contributed by atoms with Crippen molar-refractivity contribution >= 4 is 22.6 Å². The zero-order chi connectivity index (χ0) is 14.5. The molecular formula is C17H21N3O. The first-order valence-corrected chi connectivity index (χ1v) is 7.71. The maximum atomic E-state index is 12.0. The Morgan fingerprint density at radius 1 is 1.19 bits per heavy atom. The fraction of sp³-hybridized carbons (Fsp3) is 0.412. The van der Waals surface area contributed by atoms with Crippen LogP contribution < -0.4 is 10.6 Å². The third-order valence-electron chi connectivity index (χ3n) is 4.14. The third-order valence-corrected chi connectivity index (χ3v) is 4.14. The van der Waals surface area contributed by atoms with Crippen molar-refractivity contribution < 1.29 is 4.79 Å². The molecule has 3 rings (SSSR count). The van der Waals surface area contributed by atoms with Gasteiger partial charge in [-0.3, -0.25) is 4.98 Å². The SMILES string of the molecule is O=C(NCC1CCCCC1)Nc1ccc2ncccc2c1. The number of rotatable bonds is 3. The third kappa shape index (κ3) is 3.72. The van der Waals surface area contributed by atoms with E-state index in [0.29, 0.717) is 5.92 Å². The molecule has 2 aromatic rings. The van der Waals surface area contributed by atoms with Crippen LogP contribution in [0.25, 0.3) is 10.9 Å². The number of carbonyl (C=O) groups is 1. The van der Waals surface area contributed by atoms with Crippen molar-refractivity contribution in [3.05, 3.63) is 36.5 Å². The molecule has 1 heterocycles. The van der Waals surface area contributed by atoms with Crippen LogP contribution in [0.5, 0.6) is 0 Å². The van der Waals surface area contributed by atoms with Crippen LogP contribution in [0.4, 0.5) is 10.5 Å². The maximum Gasteiger partial charge on any atom is 0.319 e. The van der Waals surface area contributed by atoms with Crippen molar-refractivity contribution in [1.29, 1.82) is 0 Å². The number of fused-ring (bicyclic) bond motifs is 1. The summed E-state index contributed by atoms with van der Waals surface area (Å²) >= 11 is 0. The Labute approximate surface area is 125 Å². The summed E-state index contributed by atoms with van der Waals surface area (Å²) in [5.41, 5.74) is 1.74. The highest BCUT2D eigenvalue weighted by Gasteiger charge is 2.14. The highest BCUT2D eigenvalue weighted by Crippen LogP contribution is 2.22. The molecule has 2 N–H and O–H groups in total. The van der Waals surface area contributed by atoms with E-state index in [9.17, 15) is 4.79 Å². The molecule has 1 aromatic carbocycles. The summed E-state index contributed by atoms with van der Waals surface area (Å²) in [6.45, 7) is 0.779. The Bertz CT molecular complexity index is 620. The van der Waals surface area contributed by atoms with Gasteiger partial charge in [0.1, 0.15) is 0 Å². The van der Waals surface area contributed by atoms with Crippen LogP contribution >= 0.6 is 0 Å². The predicted molar refractivity (Wildman–Crippen MR) is 85.3 cm³/mol. The Morgan fingerprint density at radius 2 is 2.05 bits per heavy atom. The molecule has 4 nitrogen and oxygen atoms in total. The van der Waals surface area contributed by atoms with Crippen LogP contribution in [0, 0.1) is 5.92 Å². The van der Waals surface area contributed by atoms with Crippen molar-refractivity contribution in [1.82, 2.24) is 10.3 Å². The van der Waals surface area contributed by atoms with E-state index >= 15 is 0 Å². The second-order valence-electron chi connectivity index (χ2n) is 5.75.